The van der Waals surface area contributed by atoms with E-state index in [-0.39, 0.29) is 0 Å². The molecule has 0 amide bonds. The van der Waals surface area contributed by atoms with Gasteiger partial charge in [-0.3, -0.25) is 0 Å². The molecule has 0 saturated heterocycles. The molecule has 0 unspecified atom stereocenters. The van der Waals surface area contributed by atoms with E-state index in [0.29, 0.717) is 12.3 Å². The van der Waals surface area contributed by atoms with Gasteiger partial charge in [-0.15, -0.1) is 0 Å². The molecule has 0 aromatic carbocycles. The number of hydrogen-bond acceptors (Lipinski definition) is 3. The van der Waals surface area contributed by atoms with Crippen molar-refractivity contribution in [1.82, 2.24) is 0 Å². The smallest absolute Gasteiger partial charge is 0.328 e. The predicted octanol–water partition coefficient (Wildman–Crippen LogP) is 0.361. The van der Waals surface area contributed by atoms with Crippen LogP contribution in [-0.4, -0.2) is 28.3 Å². The zero-order valence-corrected chi connectivity index (χ0v) is 7.97. The molecule has 0 aliphatic heterocycles. The third-order valence-corrected chi connectivity index (χ3v) is 1.62. The van der Waals surface area contributed by atoms with Crippen LogP contribution < -0.4 is 5.73 Å². The maximum atomic E-state index is 10.1. The fourth-order valence-electron chi connectivity index (χ4n) is 1.01. The van der Waals surface area contributed by atoms with E-state index in [1.54, 1.807) is 0 Å². The van der Waals surface area contributed by atoms with E-state index in [0.717, 1.165) is 6.08 Å². The van der Waals surface area contributed by atoms with Crippen LogP contribution >= 0.6 is 0 Å². The Morgan fingerprint density at radius 2 is 2.08 bits per heavy atom. The lowest BCUT2D eigenvalue weighted by Gasteiger charge is -2.17. The highest BCUT2D eigenvalue weighted by molar-refractivity contribution is 5.79. The Kier molecular flexibility index (Phi) is 5.34. The molecule has 0 bridgehead atoms. The van der Waals surface area contributed by atoms with Crippen molar-refractivity contribution in [3.63, 3.8) is 0 Å². The van der Waals surface area contributed by atoms with E-state index in [9.17, 15) is 9.90 Å². The van der Waals surface area contributed by atoms with Crippen molar-refractivity contribution >= 4 is 5.97 Å². The molecule has 0 aliphatic carbocycles. The number of carboxylic acid groups (broad SMARTS) is 1. The summed E-state index contributed by atoms with van der Waals surface area (Å²) in [6.45, 7) is 3.99. The summed E-state index contributed by atoms with van der Waals surface area (Å²) in [5, 5.41) is 17.6. The summed E-state index contributed by atoms with van der Waals surface area (Å²) in [5.41, 5.74) is 5.61. The standard InChI is InChI=1S/C9H17NO3/c1-6(2)5-7(10)8(11)3-4-9(12)13/h3-4,6-8,11H,5,10H2,1-2H3,(H,12,13)/t7-,8+/m1/s1. The highest BCUT2D eigenvalue weighted by Crippen LogP contribution is 2.06. The van der Waals surface area contributed by atoms with E-state index in [1.807, 2.05) is 13.8 Å². The van der Waals surface area contributed by atoms with Gasteiger partial charge in [-0.25, -0.2) is 4.79 Å². The van der Waals surface area contributed by atoms with Crippen LogP contribution in [0, 0.1) is 5.92 Å². The molecule has 0 rings (SSSR count). The Hall–Kier alpha value is -0.870. The lowest BCUT2D eigenvalue weighted by atomic mass is 10.00. The molecule has 0 saturated carbocycles. The van der Waals surface area contributed by atoms with E-state index < -0.39 is 18.1 Å². The molecule has 0 aromatic rings. The van der Waals surface area contributed by atoms with Gasteiger partial charge in [-0.05, 0) is 18.4 Å². The van der Waals surface area contributed by atoms with Gasteiger partial charge in [-0.2, -0.15) is 0 Å². The maximum absolute atomic E-state index is 10.1. The molecule has 0 fully saturated rings. The third-order valence-electron chi connectivity index (χ3n) is 1.62. The lowest BCUT2D eigenvalue weighted by Crippen LogP contribution is -2.34. The van der Waals surface area contributed by atoms with Crippen molar-refractivity contribution in [3.05, 3.63) is 12.2 Å². The second-order valence-electron chi connectivity index (χ2n) is 3.48. The summed E-state index contributed by atoms with van der Waals surface area (Å²) in [6.07, 6.45) is 1.91. The summed E-state index contributed by atoms with van der Waals surface area (Å²) < 4.78 is 0. The number of aliphatic hydroxyl groups is 1. The number of aliphatic carboxylic acids is 1. The first-order chi connectivity index (χ1) is 5.93. The van der Waals surface area contributed by atoms with Crippen molar-refractivity contribution in [3.8, 4) is 0 Å². The van der Waals surface area contributed by atoms with Crippen molar-refractivity contribution in [2.45, 2.75) is 32.4 Å². The number of carboxylic acids is 1. The number of nitrogens with two attached hydrogens (primary N) is 1. The molecule has 4 nitrogen and oxygen atoms in total. The molecule has 0 aromatic heterocycles. The van der Waals surface area contributed by atoms with Gasteiger partial charge in [0.15, 0.2) is 0 Å². The summed E-state index contributed by atoms with van der Waals surface area (Å²) >= 11 is 0. The first kappa shape index (κ1) is 12.1. The first-order valence-electron chi connectivity index (χ1n) is 4.28. The molecule has 0 radical (unpaired) electrons. The van der Waals surface area contributed by atoms with Crippen LogP contribution in [0.5, 0.6) is 0 Å². The SMILES string of the molecule is CC(C)C[C@@H](N)[C@@H](O)C=CC(=O)O. The van der Waals surface area contributed by atoms with Crippen molar-refractivity contribution in [1.29, 1.82) is 0 Å². The maximum Gasteiger partial charge on any atom is 0.328 e. The van der Waals surface area contributed by atoms with Crippen molar-refractivity contribution < 1.29 is 15.0 Å². The number of aliphatic hydroxyl groups excluding tert-OH is 1. The van der Waals surface area contributed by atoms with Crippen LogP contribution in [0.25, 0.3) is 0 Å². The Morgan fingerprint density at radius 3 is 2.46 bits per heavy atom. The van der Waals surface area contributed by atoms with Crippen LogP contribution in [0.3, 0.4) is 0 Å². The fourth-order valence-corrected chi connectivity index (χ4v) is 1.01. The molecule has 2 atom stereocenters. The number of rotatable bonds is 5. The molecular formula is C9H17NO3. The Morgan fingerprint density at radius 1 is 1.54 bits per heavy atom. The summed E-state index contributed by atoms with van der Waals surface area (Å²) in [5.74, 6) is -0.682. The molecule has 0 spiro atoms. The summed E-state index contributed by atoms with van der Waals surface area (Å²) in [6, 6.07) is -0.393. The van der Waals surface area contributed by atoms with Crippen LogP contribution in [0.4, 0.5) is 0 Å². The van der Waals surface area contributed by atoms with E-state index >= 15 is 0 Å². The van der Waals surface area contributed by atoms with Gasteiger partial charge in [0, 0.05) is 12.1 Å². The van der Waals surface area contributed by atoms with Gasteiger partial charge in [0.1, 0.15) is 0 Å². The normalized spacial score (nSPS) is 16.4. The second-order valence-corrected chi connectivity index (χ2v) is 3.48. The Labute approximate surface area is 78.1 Å². The van der Waals surface area contributed by atoms with E-state index in [1.165, 1.54) is 6.08 Å². The van der Waals surface area contributed by atoms with Gasteiger partial charge >= 0.3 is 5.97 Å². The summed E-state index contributed by atoms with van der Waals surface area (Å²) in [4.78, 5) is 10.1. The highest BCUT2D eigenvalue weighted by Gasteiger charge is 2.13. The van der Waals surface area contributed by atoms with Gasteiger partial charge in [-0.1, -0.05) is 13.8 Å². The molecule has 0 aliphatic rings. The minimum atomic E-state index is -1.07. The lowest BCUT2D eigenvalue weighted by molar-refractivity contribution is -0.131. The van der Waals surface area contributed by atoms with Crippen molar-refractivity contribution in [2.75, 3.05) is 0 Å². The topological polar surface area (TPSA) is 83.5 Å². The van der Waals surface area contributed by atoms with Crippen LogP contribution in [0.2, 0.25) is 0 Å². The molecule has 76 valence electrons. The largest absolute Gasteiger partial charge is 0.478 e. The minimum Gasteiger partial charge on any atom is -0.478 e. The first-order valence-corrected chi connectivity index (χ1v) is 4.28. The van der Waals surface area contributed by atoms with Gasteiger partial charge < -0.3 is 15.9 Å². The van der Waals surface area contributed by atoms with Crippen LogP contribution in [0.15, 0.2) is 12.2 Å². The van der Waals surface area contributed by atoms with Gasteiger partial charge in [0.2, 0.25) is 0 Å². The quantitative estimate of drug-likeness (QED) is 0.543. The molecular weight excluding hydrogens is 170 g/mol. The third kappa shape index (κ3) is 6.31. The van der Waals surface area contributed by atoms with Crippen LogP contribution in [-0.2, 0) is 4.79 Å². The van der Waals surface area contributed by atoms with E-state index in [2.05, 4.69) is 0 Å². The van der Waals surface area contributed by atoms with Gasteiger partial charge in [0.05, 0.1) is 6.10 Å². The second kappa shape index (κ2) is 5.72. The zero-order valence-electron chi connectivity index (χ0n) is 7.97. The number of hydrogen-bond donors (Lipinski definition) is 3. The Bertz CT molecular complexity index is 189. The average molecular weight is 187 g/mol. The monoisotopic (exact) mass is 187 g/mol. The Balaban J connectivity index is 3.95. The van der Waals surface area contributed by atoms with Crippen molar-refractivity contribution in [2.24, 2.45) is 11.7 Å². The van der Waals surface area contributed by atoms with E-state index in [4.69, 9.17) is 10.8 Å². The zero-order chi connectivity index (χ0) is 10.4. The molecule has 4 heteroatoms. The predicted molar refractivity (Wildman–Crippen MR) is 50.2 cm³/mol. The summed E-state index contributed by atoms with van der Waals surface area (Å²) in [7, 11) is 0. The van der Waals surface area contributed by atoms with Crippen LogP contribution in [0.1, 0.15) is 20.3 Å². The molecule has 4 N–H and O–H groups in total. The minimum absolute atomic E-state index is 0.392. The fraction of sp³-hybridized carbons (Fsp3) is 0.667. The molecule has 0 heterocycles. The average Bonchev–Trinajstić information content (AvgIpc) is 1.98. The number of carbonyl (C=O) groups is 1. The molecule has 13 heavy (non-hydrogen) atoms. The highest BCUT2D eigenvalue weighted by atomic mass is 16.4. The van der Waals surface area contributed by atoms with Gasteiger partial charge in [0.25, 0.3) is 0 Å².